The normalized spacial score (nSPS) is 9.50. The van der Waals surface area contributed by atoms with Crippen LogP contribution >= 0.6 is 12.2 Å². The molecule has 0 aliphatic carbocycles. The summed E-state index contributed by atoms with van der Waals surface area (Å²) in [5, 5.41) is 5.59. The average molecular weight is 238 g/mol. The Balaban J connectivity index is 2.53. The highest BCUT2D eigenvalue weighted by Crippen LogP contribution is 2.13. The number of nitrogens with one attached hydrogen (secondary N) is 2. The molecule has 0 fully saturated rings. The summed E-state index contributed by atoms with van der Waals surface area (Å²) in [6, 6.07) is 6.92. The Morgan fingerprint density at radius 1 is 1.25 bits per heavy atom. The molecule has 0 saturated heterocycles. The van der Waals surface area contributed by atoms with Crippen molar-refractivity contribution in [2.45, 2.75) is 0 Å². The lowest BCUT2D eigenvalue weighted by molar-refractivity contribution is 0.249. The molecule has 0 heterocycles. The fraction of sp³-hybridized carbons (Fsp3) is 0.200. The molecule has 0 aromatic heterocycles. The fourth-order valence-corrected chi connectivity index (χ4v) is 1.41. The van der Waals surface area contributed by atoms with Crippen LogP contribution in [0.3, 0.4) is 0 Å². The molecule has 16 heavy (non-hydrogen) atoms. The van der Waals surface area contributed by atoms with Crippen LogP contribution in [0.25, 0.3) is 0 Å². The van der Waals surface area contributed by atoms with E-state index in [4.69, 9.17) is 23.7 Å². The van der Waals surface area contributed by atoms with E-state index in [0.717, 1.165) is 11.3 Å². The third-order valence-corrected chi connectivity index (χ3v) is 2.15. The van der Waals surface area contributed by atoms with Crippen LogP contribution in [0.2, 0.25) is 0 Å². The monoisotopic (exact) mass is 238 g/mol. The topological polar surface area (TPSA) is 93.2 Å². The van der Waals surface area contributed by atoms with Gasteiger partial charge < -0.3 is 22.1 Å². The van der Waals surface area contributed by atoms with E-state index in [-0.39, 0.29) is 0 Å². The molecule has 5 nitrogen and oxygen atoms in total. The Labute approximate surface area is 99.2 Å². The predicted molar refractivity (Wildman–Crippen MR) is 68.4 cm³/mol. The molecule has 0 saturated carbocycles. The number of thiocarbonyl (C=S) groups is 1. The first-order valence-electron chi connectivity index (χ1n) is 4.77. The third kappa shape index (κ3) is 3.74. The molecule has 6 N–H and O–H groups in total. The van der Waals surface area contributed by atoms with Gasteiger partial charge in [0.25, 0.3) is 0 Å². The highest BCUT2D eigenvalue weighted by atomic mass is 32.1. The molecule has 0 atom stereocenters. The Kier molecular flexibility index (Phi) is 4.53. The summed E-state index contributed by atoms with van der Waals surface area (Å²) in [4.78, 5) is 10.8. The number of hydrogen-bond acceptors (Lipinski definition) is 3. The van der Waals surface area contributed by atoms with Gasteiger partial charge in [0, 0.05) is 24.3 Å². The number of urea groups is 1. The largest absolute Gasteiger partial charge is 0.389 e. The average Bonchev–Trinajstić information content (AvgIpc) is 2.24. The molecule has 0 unspecified atom stereocenters. The van der Waals surface area contributed by atoms with Crippen molar-refractivity contribution in [1.82, 2.24) is 5.32 Å². The first kappa shape index (κ1) is 12.3. The Morgan fingerprint density at radius 3 is 2.56 bits per heavy atom. The van der Waals surface area contributed by atoms with Crippen LogP contribution in [-0.2, 0) is 0 Å². The zero-order valence-corrected chi connectivity index (χ0v) is 9.51. The van der Waals surface area contributed by atoms with Crippen molar-refractivity contribution in [2.75, 3.05) is 18.4 Å². The summed E-state index contributed by atoms with van der Waals surface area (Å²) in [5.74, 6) is 0. The van der Waals surface area contributed by atoms with Crippen LogP contribution in [0.4, 0.5) is 10.5 Å². The maximum absolute atomic E-state index is 10.4. The number of amides is 2. The Morgan fingerprint density at radius 2 is 1.94 bits per heavy atom. The van der Waals surface area contributed by atoms with E-state index in [0.29, 0.717) is 18.1 Å². The first-order valence-corrected chi connectivity index (χ1v) is 5.18. The van der Waals surface area contributed by atoms with Gasteiger partial charge in [-0.1, -0.05) is 24.4 Å². The van der Waals surface area contributed by atoms with Crippen molar-refractivity contribution < 1.29 is 4.79 Å². The summed E-state index contributed by atoms with van der Waals surface area (Å²) in [6.07, 6.45) is 0. The summed E-state index contributed by atoms with van der Waals surface area (Å²) in [6.45, 7) is 1.00. The van der Waals surface area contributed by atoms with Gasteiger partial charge in [-0.3, -0.25) is 0 Å². The Hall–Kier alpha value is -1.82. The number of hydrogen-bond donors (Lipinski definition) is 4. The smallest absolute Gasteiger partial charge is 0.312 e. The van der Waals surface area contributed by atoms with Gasteiger partial charge in [-0.25, -0.2) is 4.79 Å². The minimum absolute atomic E-state index is 0.339. The van der Waals surface area contributed by atoms with Crippen LogP contribution in [0.5, 0.6) is 0 Å². The second kappa shape index (κ2) is 5.92. The second-order valence-electron chi connectivity index (χ2n) is 3.13. The van der Waals surface area contributed by atoms with Crippen LogP contribution in [0.1, 0.15) is 5.56 Å². The van der Waals surface area contributed by atoms with Gasteiger partial charge in [0.15, 0.2) is 0 Å². The highest BCUT2D eigenvalue weighted by Gasteiger charge is 2.02. The van der Waals surface area contributed by atoms with Crippen LogP contribution < -0.4 is 22.1 Å². The van der Waals surface area contributed by atoms with Crippen molar-refractivity contribution in [3.05, 3.63) is 29.8 Å². The fourth-order valence-electron chi connectivity index (χ4n) is 1.24. The number of para-hydroxylation sites is 1. The van der Waals surface area contributed by atoms with Crippen molar-refractivity contribution in [2.24, 2.45) is 11.5 Å². The van der Waals surface area contributed by atoms with E-state index >= 15 is 0 Å². The van der Waals surface area contributed by atoms with Gasteiger partial charge >= 0.3 is 6.03 Å². The molecule has 0 aliphatic heterocycles. The van der Waals surface area contributed by atoms with E-state index in [1.807, 2.05) is 24.3 Å². The van der Waals surface area contributed by atoms with Crippen LogP contribution in [0.15, 0.2) is 24.3 Å². The molecule has 1 aromatic rings. The first-order chi connectivity index (χ1) is 7.61. The molecule has 86 valence electrons. The zero-order valence-electron chi connectivity index (χ0n) is 8.69. The third-order valence-electron chi connectivity index (χ3n) is 1.93. The molecule has 0 spiro atoms. The summed E-state index contributed by atoms with van der Waals surface area (Å²) < 4.78 is 0. The van der Waals surface area contributed by atoms with E-state index in [9.17, 15) is 4.79 Å². The molecule has 2 amide bonds. The van der Waals surface area contributed by atoms with Crippen LogP contribution in [-0.4, -0.2) is 24.1 Å². The van der Waals surface area contributed by atoms with Crippen molar-refractivity contribution in [1.29, 1.82) is 0 Å². The minimum Gasteiger partial charge on any atom is -0.389 e. The van der Waals surface area contributed by atoms with Gasteiger partial charge in [-0.2, -0.15) is 0 Å². The lowest BCUT2D eigenvalue weighted by Crippen LogP contribution is -2.33. The SMILES string of the molecule is NC(=O)NCCNc1ccccc1C(N)=S. The molecular formula is C10H14N4OS. The molecule has 0 radical (unpaired) electrons. The molecular weight excluding hydrogens is 224 g/mol. The number of primary amides is 1. The molecule has 1 rings (SSSR count). The molecule has 1 aromatic carbocycles. The van der Waals surface area contributed by atoms with E-state index in [1.54, 1.807) is 0 Å². The van der Waals surface area contributed by atoms with E-state index in [1.165, 1.54) is 0 Å². The number of rotatable bonds is 5. The van der Waals surface area contributed by atoms with Gasteiger partial charge in [0.2, 0.25) is 0 Å². The minimum atomic E-state index is -0.538. The maximum Gasteiger partial charge on any atom is 0.312 e. The standard InChI is InChI=1S/C10H14N4OS/c11-9(16)7-3-1-2-4-8(7)13-5-6-14-10(12)15/h1-4,13H,5-6H2,(H2,11,16)(H3,12,14,15). The van der Waals surface area contributed by atoms with Gasteiger partial charge in [0.1, 0.15) is 4.99 Å². The van der Waals surface area contributed by atoms with Crippen molar-refractivity contribution >= 4 is 28.9 Å². The van der Waals surface area contributed by atoms with Crippen molar-refractivity contribution in [3.63, 3.8) is 0 Å². The zero-order chi connectivity index (χ0) is 12.0. The highest BCUT2D eigenvalue weighted by molar-refractivity contribution is 7.80. The van der Waals surface area contributed by atoms with Crippen molar-refractivity contribution in [3.8, 4) is 0 Å². The quantitative estimate of drug-likeness (QED) is 0.441. The van der Waals surface area contributed by atoms with Gasteiger partial charge in [-0.05, 0) is 12.1 Å². The number of carbonyl (C=O) groups is 1. The summed E-state index contributed by atoms with van der Waals surface area (Å²) >= 11 is 4.92. The summed E-state index contributed by atoms with van der Waals surface area (Å²) in [7, 11) is 0. The number of nitrogens with two attached hydrogens (primary N) is 2. The molecule has 0 aliphatic rings. The molecule has 6 heteroatoms. The number of benzene rings is 1. The van der Waals surface area contributed by atoms with Gasteiger partial charge in [0.05, 0.1) is 0 Å². The van der Waals surface area contributed by atoms with E-state index < -0.39 is 6.03 Å². The second-order valence-corrected chi connectivity index (χ2v) is 3.57. The van der Waals surface area contributed by atoms with Gasteiger partial charge in [-0.15, -0.1) is 0 Å². The number of carbonyl (C=O) groups excluding carboxylic acids is 1. The Bertz CT molecular complexity index is 394. The predicted octanol–water partition coefficient (Wildman–Crippen LogP) is 0.401. The lowest BCUT2D eigenvalue weighted by atomic mass is 10.2. The summed E-state index contributed by atoms with van der Waals surface area (Å²) in [5.41, 5.74) is 12.1. The van der Waals surface area contributed by atoms with E-state index in [2.05, 4.69) is 10.6 Å². The maximum atomic E-state index is 10.4. The molecule has 0 bridgehead atoms. The van der Waals surface area contributed by atoms with Crippen LogP contribution in [0, 0.1) is 0 Å². The lowest BCUT2D eigenvalue weighted by Gasteiger charge is -2.10. The number of anilines is 1.